The number of anilines is 1. The Kier molecular flexibility index (Phi) is 8.77. The van der Waals surface area contributed by atoms with Gasteiger partial charge in [0.05, 0.1) is 25.5 Å². The molecule has 1 aromatic rings. The first kappa shape index (κ1) is 22.4. The van der Waals surface area contributed by atoms with Gasteiger partial charge >= 0.3 is 0 Å². The minimum atomic E-state index is 0.000411. The summed E-state index contributed by atoms with van der Waals surface area (Å²) in [6.45, 7) is 8.30. The number of para-hydroxylation sites is 2. The summed E-state index contributed by atoms with van der Waals surface area (Å²) >= 11 is 0. The third kappa shape index (κ3) is 6.09. The molecule has 0 radical (unpaired) electrons. The zero-order valence-electron chi connectivity index (χ0n) is 18.1. The molecular formula is C22H34N4O4. The predicted octanol–water partition coefficient (Wildman–Crippen LogP) is 1.75. The number of carbonyl (C=O) groups is 1. The van der Waals surface area contributed by atoms with Crippen molar-refractivity contribution >= 4 is 17.6 Å². The van der Waals surface area contributed by atoms with Crippen molar-refractivity contribution < 1.29 is 19.0 Å². The van der Waals surface area contributed by atoms with E-state index in [9.17, 15) is 4.79 Å². The molecule has 1 unspecified atom stereocenters. The molecular weight excluding hydrogens is 384 g/mol. The number of hydrogen-bond donors (Lipinski definition) is 1. The molecule has 1 atom stereocenters. The van der Waals surface area contributed by atoms with E-state index in [0.717, 1.165) is 56.5 Å². The highest BCUT2D eigenvalue weighted by Gasteiger charge is 2.26. The highest BCUT2D eigenvalue weighted by Crippen LogP contribution is 2.31. The van der Waals surface area contributed by atoms with Crippen LogP contribution in [0.2, 0.25) is 0 Å². The Balaban J connectivity index is 1.48. The lowest BCUT2D eigenvalue weighted by Gasteiger charge is -2.29. The van der Waals surface area contributed by atoms with Crippen molar-refractivity contribution in [3.05, 3.63) is 24.3 Å². The Morgan fingerprint density at radius 1 is 1.33 bits per heavy atom. The van der Waals surface area contributed by atoms with E-state index in [1.807, 2.05) is 29.2 Å². The molecule has 8 heteroatoms. The second-order valence-electron chi connectivity index (χ2n) is 7.56. The van der Waals surface area contributed by atoms with Gasteiger partial charge in [-0.15, -0.1) is 0 Å². The molecule has 1 saturated heterocycles. The van der Waals surface area contributed by atoms with Crippen LogP contribution in [0.1, 0.15) is 19.8 Å². The van der Waals surface area contributed by atoms with Crippen LogP contribution in [0.5, 0.6) is 5.75 Å². The number of fused-ring (bicyclic) bond motifs is 1. The molecule has 1 fully saturated rings. The van der Waals surface area contributed by atoms with Gasteiger partial charge in [-0.05, 0) is 31.9 Å². The monoisotopic (exact) mass is 418 g/mol. The minimum Gasteiger partial charge on any atom is -0.482 e. The molecule has 0 bridgehead atoms. The molecule has 30 heavy (non-hydrogen) atoms. The van der Waals surface area contributed by atoms with Crippen molar-refractivity contribution in [3.8, 4) is 5.75 Å². The standard InChI is InChI=1S/C22H34N4O4/c1-3-23-22(25-12-9-18(15-25)16-29-14-13-28-2)24-10-6-11-26-19-7-4-5-8-20(19)30-17-21(26)27/h4-5,7-8,18H,3,6,9-17H2,1-2H3,(H,23,24). The Morgan fingerprint density at radius 2 is 2.20 bits per heavy atom. The average molecular weight is 419 g/mol. The maximum absolute atomic E-state index is 12.3. The number of methoxy groups -OCH3 is 1. The lowest BCUT2D eigenvalue weighted by atomic mass is 10.1. The third-order valence-electron chi connectivity index (χ3n) is 5.32. The second-order valence-corrected chi connectivity index (χ2v) is 7.56. The van der Waals surface area contributed by atoms with Crippen LogP contribution in [0.15, 0.2) is 29.3 Å². The summed E-state index contributed by atoms with van der Waals surface area (Å²) in [5.41, 5.74) is 0.848. The van der Waals surface area contributed by atoms with Crippen LogP contribution in [0.25, 0.3) is 0 Å². The molecule has 3 rings (SSSR count). The van der Waals surface area contributed by atoms with Crippen molar-refractivity contribution in [1.29, 1.82) is 0 Å². The zero-order valence-corrected chi connectivity index (χ0v) is 18.1. The Labute approximate surface area is 179 Å². The Bertz CT molecular complexity index is 712. The first-order valence-corrected chi connectivity index (χ1v) is 10.8. The summed E-state index contributed by atoms with van der Waals surface area (Å²) < 4.78 is 16.2. The Morgan fingerprint density at radius 3 is 3.03 bits per heavy atom. The summed E-state index contributed by atoms with van der Waals surface area (Å²) in [6.07, 6.45) is 1.91. The predicted molar refractivity (Wildman–Crippen MR) is 117 cm³/mol. The van der Waals surface area contributed by atoms with Gasteiger partial charge in [0, 0.05) is 45.8 Å². The summed E-state index contributed by atoms with van der Waals surface area (Å²) in [5.74, 6) is 2.24. The van der Waals surface area contributed by atoms with Crippen molar-refractivity contribution in [2.45, 2.75) is 19.8 Å². The van der Waals surface area contributed by atoms with Gasteiger partial charge in [0.2, 0.25) is 0 Å². The summed E-state index contributed by atoms with van der Waals surface area (Å²) in [7, 11) is 1.69. The summed E-state index contributed by atoms with van der Waals surface area (Å²) in [5, 5.41) is 3.40. The molecule has 2 aliphatic rings. The van der Waals surface area contributed by atoms with E-state index in [2.05, 4.69) is 17.1 Å². The quantitative estimate of drug-likeness (QED) is 0.355. The van der Waals surface area contributed by atoms with Crippen LogP contribution in [0, 0.1) is 5.92 Å². The summed E-state index contributed by atoms with van der Waals surface area (Å²) in [6, 6.07) is 7.68. The van der Waals surface area contributed by atoms with Gasteiger partial charge in [-0.25, -0.2) is 0 Å². The minimum absolute atomic E-state index is 0.000411. The molecule has 0 aliphatic carbocycles. The van der Waals surface area contributed by atoms with Crippen LogP contribution in [-0.2, 0) is 14.3 Å². The molecule has 1 aromatic carbocycles. The van der Waals surface area contributed by atoms with Gasteiger partial charge in [-0.3, -0.25) is 9.79 Å². The topological polar surface area (TPSA) is 75.6 Å². The number of nitrogens with zero attached hydrogens (tertiary/aromatic N) is 3. The second kappa shape index (κ2) is 11.8. The zero-order chi connectivity index (χ0) is 21.2. The normalized spacial score (nSPS) is 19.1. The number of amides is 1. The van der Waals surface area contributed by atoms with Crippen molar-refractivity contribution in [2.75, 3.05) is 71.2 Å². The van der Waals surface area contributed by atoms with Crippen molar-refractivity contribution in [2.24, 2.45) is 10.9 Å². The SMILES string of the molecule is CCNC(=NCCCN1C(=O)COc2ccccc21)N1CCC(COCCOC)C1. The lowest BCUT2D eigenvalue weighted by molar-refractivity contribution is -0.121. The molecule has 2 heterocycles. The van der Waals surface area contributed by atoms with Gasteiger partial charge in [0.1, 0.15) is 5.75 Å². The number of rotatable bonds is 10. The fourth-order valence-electron chi connectivity index (χ4n) is 3.79. The van der Waals surface area contributed by atoms with E-state index in [4.69, 9.17) is 19.2 Å². The van der Waals surface area contributed by atoms with E-state index < -0.39 is 0 Å². The van der Waals surface area contributed by atoms with Gasteiger partial charge in [0.15, 0.2) is 12.6 Å². The van der Waals surface area contributed by atoms with E-state index >= 15 is 0 Å². The smallest absolute Gasteiger partial charge is 0.265 e. The summed E-state index contributed by atoms with van der Waals surface area (Å²) in [4.78, 5) is 21.2. The van der Waals surface area contributed by atoms with Crippen LogP contribution < -0.4 is 15.0 Å². The average Bonchev–Trinajstić information content (AvgIpc) is 3.23. The highest BCUT2D eigenvalue weighted by atomic mass is 16.5. The van der Waals surface area contributed by atoms with E-state index in [0.29, 0.717) is 32.2 Å². The van der Waals surface area contributed by atoms with Crippen LogP contribution >= 0.6 is 0 Å². The van der Waals surface area contributed by atoms with Crippen LogP contribution in [0.4, 0.5) is 5.69 Å². The first-order chi connectivity index (χ1) is 14.7. The number of nitrogens with one attached hydrogen (secondary N) is 1. The fourth-order valence-corrected chi connectivity index (χ4v) is 3.79. The maximum atomic E-state index is 12.3. The number of aliphatic imine (C=N–C) groups is 1. The van der Waals surface area contributed by atoms with Gasteiger partial charge in [0.25, 0.3) is 5.91 Å². The van der Waals surface area contributed by atoms with Gasteiger partial charge in [-0.2, -0.15) is 0 Å². The molecule has 0 aromatic heterocycles. The van der Waals surface area contributed by atoms with Crippen LogP contribution in [-0.4, -0.2) is 83.0 Å². The molecule has 1 N–H and O–H groups in total. The number of hydrogen-bond acceptors (Lipinski definition) is 5. The molecule has 0 saturated carbocycles. The highest BCUT2D eigenvalue weighted by molar-refractivity contribution is 5.97. The number of carbonyl (C=O) groups excluding carboxylic acids is 1. The lowest BCUT2D eigenvalue weighted by Crippen LogP contribution is -2.41. The molecule has 2 aliphatic heterocycles. The van der Waals surface area contributed by atoms with Crippen molar-refractivity contribution in [3.63, 3.8) is 0 Å². The molecule has 0 spiro atoms. The Hall–Kier alpha value is -2.32. The van der Waals surface area contributed by atoms with Gasteiger partial charge < -0.3 is 29.3 Å². The van der Waals surface area contributed by atoms with Crippen molar-refractivity contribution in [1.82, 2.24) is 10.2 Å². The largest absolute Gasteiger partial charge is 0.482 e. The third-order valence-corrected chi connectivity index (χ3v) is 5.32. The number of ether oxygens (including phenoxy) is 3. The molecule has 166 valence electrons. The maximum Gasteiger partial charge on any atom is 0.265 e. The van der Waals surface area contributed by atoms with Gasteiger partial charge in [-0.1, -0.05) is 12.1 Å². The first-order valence-electron chi connectivity index (χ1n) is 10.8. The molecule has 1 amide bonds. The number of benzene rings is 1. The van der Waals surface area contributed by atoms with E-state index in [1.54, 1.807) is 7.11 Å². The number of likely N-dealkylation sites (tertiary alicyclic amines) is 1. The van der Waals surface area contributed by atoms with Crippen LogP contribution in [0.3, 0.4) is 0 Å². The molecule has 8 nitrogen and oxygen atoms in total. The fraction of sp³-hybridized carbons (Fsp3) is 0.636. The van der Waals surface area contributed by atoms with E-state index in [-0.39, 0.29) is 12.5 Å². The number of guanidine groups is 1. The van der Waals surface area contributed by atoms with E-state index in [1.165, 1.54) is 0 Å².